The fourth-order valence-corrected chi connectivity index (χ4v) is 1.74. The number of aliphatic hydroxyl groups excluding tert-OH is 1. The number of carbonyl (C=O) groups is 1. The van der Waals surface area contributed by atoms with Crippen molar-refractivity contribution < 1.29 is 23.4 Å². The van der Waals surface area contributed by atoms with Crippen LogP contribution in [0.25, 0.3) is 0 Å². The highest BCUT2D eigenvalue weighted by molar-refractivity contribution is 5.95. The van der Waals surface area contributed by atoms with E-state index in [1.54, 1.807) is 12.1 Å². The summed E-state index contributed by atoms with van der Waals surface area (Å²) in [7, 11) is 1.26. The second kappa shape index (κ2) is 6.21. The molecule has 1 aromatic carbocycles. The third kappa shape index (κ3) is 3.16. The third-order valence-electron chi connectivity index (χ3n) is 2.71. The van der Waals surface area contributed by atoms with E-state index in [0.717, 1.165) is 0 Å². The van der Waals surface area contributed by atoms with Gasteiger partial charge in [0.1, 0.15) is 23.9 Å². The fraction of sp³-hybridized carbons (Fsp3) is 0.214. The van der Waals surface area contributed by atoms with Gasteiger partial charge in [0.15, 0.2) is 0 Å². The van der Waals surface area contributed by atoms with Crippen LogP contribution in [0.1, 0.15) is 21.9 Å². The zero-order valence-corrected chi connectivity index (χ0v) is 10.9. The lowest BCUT2D eigenvalue weighted by Gasteiger charge is -2.09. The summed E-state index contributed by atoms with van der Waals surface area (Å²) in [5.41, 5.74) is 0.557. The second-order valence-electron chi connectivity index (χ2n) is 4.06. The van der Waals surface area contributed by atoms with E-state index in [-0.39, 0.29) is 18.7 Å². The molecule has 2 rings (SSSR count). The number of rotatable bonds is 5. The van der Waals surface area contributed by atoms with Gasteiger partial charge in [0.05, 0.1) is 24.9 Å². The molecule has 0 aliphatic carbocycles. The van der Waals surface area contributed by atoms with Crippen LogP contribution in [0, 0.1) is 5.82 Å². The molecule has 0 spiro atoms. The van der Waals surface area contributed by atoms with E-state index in [4.69, 9.17) is 9.52 Å². The van der Waals surface area contributed by atoms with Crippen LogP contribution in [0.3, 0.4) is 0 Å². The van der Waals surface area contributed by atoms with Crippen LogP contribution < -0.4 is 5.32 Å². The number of hydrogen-bond donors (Lipinski definition) is 2. The van der Waals surface area contributed by atoms with Crippen molar-refractivity contribution in [1.82, 2.24) is 0 Å². The molecule has 2 aromatic rings. The van der Waals surface area contributed by atoms with Crippen molar-refractivity contribution >= 4 is 11.7 Å². The predicted molar refractivity (Wildman–Crippen MR) is 69.7 cm³/mol. The van der Waals surface area contributed by atoms with Crippen molar-refractivity contribution in [3.63, 3.8) is 0 Å². The van der Waals surface area contributed by atoms with E-state index in [2.05, 4.69) is 10.1 Å². The van der Waals surface area contributed by atoms with Crippen LogP contribution in [0.4, 0.5) is 10.1 Å². The van der Waals surface area contributed by atoms with Crippen molar-refractivity contribution in [1.29, 1.82) is 0 Å². The average Bonchev–Trinajstić information content (AvgIpc) is 2.92. The number of ether oxygens (including phenoxy) is 1. The minimum Gasteiger partial charge on any atom is -0.465 e. The molecule has 1 heterocycles. The van der Waals surface area contributed by atoms with Crippen molar-refractivity contribution in [2.45, 2.75) is 13.2 Å². The lowest BCUT2D eigenvalue weighted by molar-refractivity contribution is 0.0601. The lowest BCUT2D eigenvalue weighted by atomic mass is 10.1. The largest absolute Gasteiger partial charge is 0.465 e. The van der Waals surface area contributed by atoms with Crippen LogP contribution in [0.15, 0.2) is 34.7 Å². The first kappa shape index (κ1) is 14.1. The third-order valence-corrected chi connectivity index (χ3v) is 2.71. The topological polar surface area (TPSA) is 71.7 Å². The van der Waals surface area contributed by atoms with Gasteiger partial charge in [0.25, 0.3) is 0 Å². The number of hydrogen-bond acceptors (Lipinski definition) is 5. The van der Waals surface area contributed by atoms with E-state index in [1.165, 1.54) is 25.3 Å². The average molecular weight is 279 g/mol. The molecule has 0 saturated carbocycles. The van der Waals surface area contributed by atoms with E-state index in [0.29, 0.717) is 17.2 Å². The Morgan fingerprint density at radius 2 is 2.10 bits per heavy atom. The molecule has 6 heteroatoms. The second-order valence-corrected chi connectivity index (χ2v) is 4.06. The molecule has 0 saturated heterocycles. The molecule has 0 atom stereocenters. The molecule has 0 aliphatic rings. The number of anilines is 1. The summed E-state index contributed by atoms with van der Waals surface area (Å²) >= 11 is 0. The number of nitrogens with one attached hydrogen (secondary N) is 1. The van der Waals surface area contributed by atoms with E-state index in [1.807, 2.05) is 0 Å². The highest BCUT2D eigenvalue weighted by Crippen LogP contribution is 2.19. The molecular formula is C14H14FNO4. The van der Waals surface area contributed by atoms with Gasteiger partial charge in [-0.2, -0.15) is 0 Å². The number of carbonyl (C=O) groups excluding carboxylic acids is 1. The number of halogens is 1. The van der Waals surface area contributed by atoms with Gasteiger partial charge in [-0.1, -0.05) is 0 Å². The molecule has 2 N–H and O–H groups in total. The number of benzene rings is 1. The zero-order valence-electron chi connectivity index (χ0n) is 10.9. The Morgan fingerprint density at radius 3 is 2.75 bits per heavy atom. The molecular weight excluding hydrogens is 265 g/mol. The Balaban J connectivity index is 2.15. The number of furan rings is 1. The molecule has 5 nitrogen and oxygen atoms in total. The lowest BCUT2D eigenvalue weighted by Crippen LogP contribution is -2.08. The summed E-state index contributed by atoms with van der Waals surface area (Å²) in [6.45, 7) is 0.0703. The molecule has 20 heavy (non-hydrogen) atoms. The van der Waals surface area contributed by atoms with Crippen LogP contribution in [0.5, 0.6) is 0 Å². The first-order chi connectivity index (χ1) is 9.63. The summed E-state index contributed by atoms with van der Waals surface area (Å²) in [4.78, 5) is 11.6. The normalized spacial score (nSPS) is 10.3. The van der Waals surface area contributed by atoms with Crippen LogP contribution in [-0.4, -0.2) is 18.2 Å². The van der Waals surface area contributed by atoms with Crippen LogP contribution in [0.2, 0.25) is 0 Å². The number of methoxy groups -OCH3 is 1. The summed E-state index contributed by atoms with van der Waals surface area (Å²) in [5.74, 6) is -0.0120. The van der Waals surface area contributed by atoms with Gasteiger partial charge in [-0.15, -0.1) is 0 Å². The maximum atomic E-state index is 13.3. The molecule has 0 bridgehead atoms. The Labute approximate surface area is 115 Å². The minimum atomic E-state index is -0.553. The van der Waals surface area contributed by atoms with Gasteiger partial charge >= 0.3 is 5.97 Å². The Morgan fingerprint density at radius 1 is 1.35 bits per heavy atom. The van der Waals surface area contributed by atoms with Crippen LogP contribution >= 0.6 is 0 Å². The van der Waals surface area contributed by atoms with Gasteiger partial charge in [0.2, 0.25) is 0 Å². The first-order valence-electron chi connectivity index (χ1n) is 5.94. The van der Waals surface area contributed by atoms with Gasteiger partial charge in [-0.05, 0) is 30.3 Å². The summed E-state index contributed by atoms with van der Waals surface area (Å²) in [5, 5.41) is 11.8. The monoisotopic (exact) mass is 279 g/mol. The predicted octanol–water partition coefficient (Wildman–Crippen LogP) is 2.31. The molecule has 1 aromatic heterocycles. The van der Waals surface area contributed by atoms with Crippen molar-refractivity contribution in [2.24, 2.45) is 0 Å². The molecule has 0 amide bonds. The Kier molecular flexibility index (Phi) is 4.37. The smallest absolute Gasteiger partial charge is 0.339 e. The van der Waals surface area contributed by atoms with Gasteiger partial charge < -0.3 is 19.6 Å². The molecule has 0 unspecified atom stereocenters. The van der Waals surface area contributed by atoms with E-state index >= 15 is 0 Å². The molecule has 0 aliphatic heterocycles. The molecule has 0 fully saturated rings. The quantitative estimate of drug-likeness (QED) is 0.822. The van der Waals surface area contributed by atoms with Gasteiger partial charge in [0, 0.05) is 0 Å². The standard InChI is InChI=1S/C14H14FNO4/c1-19-14(18)12-5-2-9(15)6-13(12)16-7-10-3-4-11(8-17)20-10/h2-6,16-17H,7-8H2,1H3. The molecule has 106 valence electrons. The zero-order chi connectivity index (χ0) is 14.5. The van der Waals surface area contributed by atoms with Gasteiger partial charge in [-0.3, -0.25) is 0 Å². The highest BCUT2D eigenvalue weighted by Gasteiger charge is 2.13. The maximum absolute atomic E-state index is 13.3. The Hall–Kier alpha value is -2.34. The first-order valence-corrected chi connectivity index (χ1v) is 5.94. The minimum absolute atomic E-state index is 0.187. The number of esters is 1. The summed E-state index contributed by atoms with van der Waals surface area (Å²) in [6, 6.07) is 7.08. The molecule has 0 radical (unpaired) electrons. The van der Waals surface area contributed by atoms with Crippen molar-refractivity contribution in [2.75, 3.05) is 12.4 Å². The fourth-order valence-electron chi connectivity index (χ4n) is 1.74. The highest BCUT2D eigenvalue weighted by atomic mass is 19.1. The van der Waals surface area contributed by atoms with Gasteiger partial charge in [-0.25, -0.2) is 9.18 Å². The summed E-state index contributed by atoms with van der Waals surface area (Å²) in [6.07, 6.45) is 0. The SMILES string of the molecule is COC(=O)c1ccc(F)cc1NCc1ccc(CO)o1. The number of aliphatic hydroxyl groups is 1. The van der Waals surface area contributed by atoms with E-state index < -0.39 is 11.8 Å². The van der Waals surface area contributed by atoms with Crippen molar-refractivity contribution in [3.8, 4) is 0 Å². The Bertz CT molecular complexity index is 609. The van der Waals surface area contributed by atoms with Crippen molar-refractivity contribution in [3.05, 3.63) is 53.2 Å². The summed E-state index contributed by atoms with van der Waals surface area (Å²) < 4.78 is 23.2. The van der Waals surface area contributed by atoms with E-state index in [9.17, 15) is 9.18 Å². The van der Waals surface area contributed by atoms with Crippen LogP contribution in [-0.2, 0) is 17.9 Å². The maximum Gasteiger partial charge on any atom is 0.339 e.